The number of hydrogen-bond donors (Lipinski definition) is 2. The van der Waals surface area contributed by atoms with Gasteiger partial charge in [0.25, 0.3) is 0 Å². The number of hydrazine groups is 1. The maximum absolute atomic E-state index is 13.7. The molecule has 1 aromatic carbocycles. The molecule has 1 unspecified atom stereocenters. The predicted molar refractivity (Wildman–Crippen MR) is 77.8 cm³/mol. The van der Waals surface area contributed by atoms with Crippen LogP contribution >= 0.6 is 11.6 Å². The Morgan fingerprint density at radius 3 is 2.62 bits per heavy atom. The van der Waals surface area contributed by atoms with Crippen LogP contribution in [0.2, 0.25) is 5.02 Å². The molecule has 0 bridgehead atoms. The Balaban J connectivity index is 2.17. The van der Waals surface area contributed by atoms with E-state index in [4.69, 9.17) is 17.4 Å². The summed E-state index contributed by atoms with van der Waals surface area (Å²) in [4.78, 5) is 0. The third-order valence-corrected chi connectivity index (χ3v) is 3.91. The highest BCUT2D eigenvalue weighted by Crippen LogP contribution is 2.22. The summed E-state index contributed by atoms with van der Waals surface area (Å²) < 4.78 is 28.3. The zero-order valence-corrected chi connectivity index (χ0v) is 12.6. The zero-order valence-electron chi connectivity index (χ0n) is 11.8. The molecule has 0 amide bonds. The Kier molecular flexibility index (Phi) is 4.92. The quantitative estimate of drug-likeness (QED) is 0.657. The van der Waals surface area contributed by atoms with Crippen LogP contribution in [-0.4, -0.2) is 15.8 Å². The fourth-order valence-corrected chi connectivity index (χ4v) is 2.52. The van der Waals surface area contributed by atoms with Crippen LogP contribution in [0.25, 0.3) is 0 Å². The third kappa shape index (κ3) is 3.58. The second kappa shape index (κ2) is 6.51. The Labute approximate surface area is 126 Å². The van der Waals surface area contributed by atoms with Gasteiger partial charge in [0, 0.05) is 25.6 Å². The van der Waals surface area contributed by atoms with E-state index in [1.165, 1.54) is 12.1 Å². The molecular weight excluding hydrogens is 298 g/mol. The molecule has 2 aromatic rings. The van der Waals surface area contributed by atoms with Crippen molar-refractivity contribution in [1.82, 2.24) is 15.2 Å². The van der Waals surface area contributed by atoms with Crippen molar-refractivity contribution in [2.45, 2.75) is 25.8 Å². The summed E-state index contributed by atoms with van der Waals surface area (Å²) in [7, 11) is 1.79. The van der Waals surface area contributed by atoms with Gasteiger partial charge < -0.3 is 0 Å². The average Bonchev–Trinajstić information content (AvgIpc) is 2.67. The van der Waals surface area contributed by atoms with Gasteiger partial charge in [0.2, 0.25) is 0 Å². The van der Waals surface area contributed by atoms with E-state index in [9.17, 15) is 8.78 Å². The molecule has 21 heavy (non-hydrogen) atoms. The molecule has 0 fully saturated rings. The third-order valence-electron chi connectivity index (χ3n) is 3.42. The van der Waals surface area contributed by atoms with Crippen LogP contribution in [-0.2, 0) is 19.9 Å². The fraction of sp³-hybridized carbons (Fsp3) is 0.357. The lowest BCUT2D eigenvalue weighted by Gasteiger charge is -2.17. The number of hydrogen-bond acceptors (Lipinski definition) is 3. The van der Waals surface area contributed by atoms with Gasteiger partial charge in [-0.2, -0.15) is 5.10 Å². The first-order chi connectivity index (χ1) is 9.92. The number of rotatable bonds is 5. The summed E-state index contributed by atoms with van der Waals surface area (Å²) in [6, 6.07) is 3.28. The molecule has 114 valence electrons. The average molecular weight is 315 g/mol. The fourth-order valence-electron chi connectivity index (χ4n) is 2.28. The van der Waals surface area contributed by atoms with Crippen molar-refractivity contribution in [2.75, 3.05) is 0 Å². The molecule has 4 nitrogen and oxygen atoms in total. The van der Waals surface area contributed by atoms with Crippen LogP contribution in [0.3, 0.4) is 0 Å². The molecule has 2 rings (SSSR count). The van der Waals surface area contributed by atoms with Crippen molar-refractivity contribution < 1.29 is 8.78 Å². The Bertz CT molecular complexity index is 642. The van der Waals surface area contributed by atoms with Crippen LogP contribution in [0.4, 0.5) is 8.78 Å². The zero-order chi connectivity index (χ0) is 15.6. The van der Waals surface area contributed by atoms with Gasteiger partial charge in [-0.05, 0) is 25.0 Å². The van der Waals surface area contributed by atoms with Crippen LogP contribution in [0.1, 0.15) is 17.0 Å². The van der Waals surface area contributed by atoms with Crippen molar-refractivity contribution in [2.24, 2.45) is 12.9 Å². The standard InChI is InChI=1S/C14H17ClF2N4/c1-8-14(15)13(21(2)20-8)7-11(19-18)5-9-3-4-10(16)6-12(9)17/h3-4,6,11,19H,5,7,18H2,1-2H3. The number of nitrogens with one attached hydrogen (secondary N) is 1. The molecule has 0 spiro atoms. The van der Waals surface area contributed by atoms with E-state index in [2.05, 4.69) is 10.5 Å². The minimum atomic E-state index is -0.598. The van der Waals surface area contributed by atoms with Crippen molar-refractivity contribution in [3.63, 3.8) is 0 Å². The van der Waals surface area contributed by atoms with Gasteiger partial charge in [-0.1, -0.05) is 17.7 Å². The monoisotopic (exact) mass is 314 g/mol. The van der Waals surface area contributed by atoms with E-state index in [1.54, 1.807) is 11.7 Å². The second-order valence-corrected chi connectivity index (χ2v) is 5.36. The van der Waals surface area contributed by atoms with Gasteiger partial charge in [-0.25, -0.2) is 8.78 Å². The molecule has 0 saturated heterocycles. The van der Waals surface area contributed by atoms with Gasteiger partial charge in [-0.15, -0.1) is 0 Å². The minimum absolute atomic E-state index is 0.239. The van der Waals surface area contributed by atoms with E-state index < -0.39 is 11.6 Å². The number of aryl methyl sites for hydroxylation is 2. The molecule has 7 heteroatoms. The van der Waals surface area contributed by atoms with Crippen LogP contribution < -0.4 is 11.3 Å². The SMILES string of the molecule is Cc1nn(C)c(CC(Cc2ccc(F)cc2F)NN)c1Cl. The molecule has 0 radical (unpaired) electrons. The van der Waals surface area contributed by atoms with Gasteiger partial charge in [-0.3, -0.25) is 16.0 Å². The van der Waals surface area contributed by atoms with Crippen molar-refractivity contribution >= 4 is 11.6 Å². The predicted octanol–water partition coefficient (Wildman–Crippen LogP) is 2.28. The molecular formula is C14H17ClF2N4. The van der Waals surface area contributed by atoms with Crippen LogP contribution in [0.5, 0.6) is 0 Å². The first kappa shape index (κ1) is 15.9. The van der Waals surface area contributed by atoms with Crippen molar-refractivity contribution in [3.8, 4) is 0 Å². The van der Waals surface area contributed by atoms with E-state index in [0.717, 1.165) is 17.5 Å². The highest BCUT2D eigenvalue weighted by Gasteiger charge is 2.18. The summed E-state index contributed by atoms with van der Waals surface area (Å²) in [5, 5.41) is 4.81. The van der Waals surface area contributed by atoms with Gasteiger partial charge in [0.05, 0.1) is 16.4 Å². The molecule has 3 N–H and O–H groups in total. The lowest BCUT2D eigenvalue weighted by Crippen LogP contribution is -2.39. The smallest absolute Gasteiger partial charge is 0.129 e. The highest BCUT2D eigenvalue weighted by molar-refractivity contribution is 6.31. The van der Waals surface area contributed by atoms with E-state index in [-0.39, 0.29) is 6.04 Å². The number of benzene rings is 1. The molecule has 1 atom stereocenters. The molecule has 1 heterocycles. The topological polar surface area (TPSA) is 55.9 Å². The molecule has 0 aliphatic heterocycles. The maximum atomic E-state index is 13.7. The highest BCUT2D eigenvalue weighted by atomic mass is 35.5. The number of nitrogens with zero attached hydrogens (tertiary/aromatic N) is 2. The molecule has 0 saturated carbocycles. The number of nitrogens with two attached hydrogens (primary N) is 1. The number of aromatic nitrogens is 2. The summed E-state index contributed by atoms with van der Waals surface area (Å²) in [5.41, 5.74) is 4.60. The Morgan fingerprint density at radius 1 is 1.38 bits per heavy atom. The van der Waals surface area contributed by atoms with Gasteiger partial charge >= 0.3 is 0 Å². The Hall–Kier alpha value is -1.50. The van der Waals surface area contributed by atoms with Gasteiger partial charge in [0.15, 0.2) is 0 Å². The normalized spacial score (nSPS) is 12.7. The molecule has 1 aromatic heterocycles. The van der Waals surface area contributed by atoms with E-state index in [0.29, 0.717) is 23.4 Å². The molecule has 0 aliphatic carbocycles. The second-order valence-electron chi connectivity index (χ2n) is 4.98. The largest absolute Gasteiger partial charge is 0.271 e. The lowest BCUT2D eigenvalue weighted by molar-refractivity contribution is 0.490. The van der Waals surface area contributed by atoms with Gasteiger partial charge in [0.1, 0.15) is 11.6 Å². The van der Waals surface area contributed by atoms with Crippen LogP contribution in [0, 0.1) is 18.6 Å². The summed E-state index contributed by atoms with van der Waals surface area (Å²) in [6.07, 6.45) is 0.812. The molecule has 0 aliphatic rings. The summed E-state index contributed by atoms with van der Waals surface area (Å²) in [6.45, 7) is 1.82. The van der Waals surface area contributed by atoms with Crippen LogP contribution in [0.15, 0.2) is 18.2 Å². The summed E-state index contributed by atoms with van der Waals surface area (Å²) >= 11 is 6.19. The Morgan fingerprint density at radius 2 is 2.10 bits per heavy atom. The van der Waals surface area contributed by atoms with E-state index >= 15 is 0 Å². The van der Waals surface area contributed by atoms with E-state index in [1.807, 2.05) is 6.92 Å². The van der Waals surface area contributed by atoms with Crippen molar-refractivity contribution in [1.29, 1.82) is 0 Å². The number of halogens is 3. The first-order valence-electron chi connectivity index (χ1n) is 6.50. The summed E-state index contributed by atoms with van der Waals surface area (Å²) in [5.74, 6) is 4.36. The lowest BCUT2D eigenvalue weighted by atomic mass is 10.0. The first-order valence-corrected chi connectivity index (χ1v) is 6.88. The van der Waals surface area contributed by atoms with Crippen molar-refractivity contribution in [3.05, 3.63) is 51.8 Å². The minimum Gasteiger partial charge on any atom is -0.271 e. The maximum Gasteiger partial charge on any atom is 0.129 e.